The molecule has 0 aliphatic carbocycles. The van der Waals surface area contributed by atoms with Gasteiger partial charge in [0.1, 0.15) is 5.82 Å². The fourth-order valence-corrected chi connectivity index (χ4v) is 7.89. The molecule has 0 fully saturated rings. The van der Waals surface area contributed by atoms with Crippen LogP contribution >= 0.6 is 0 Å². The fraction of sp³-hybridized carbons (Fsp3) is 0. The molecule has 11 aromatic rings. The summed E-state index contributed by atoms with van der Waals surface area (Å²) in [5.74, 6) is 0.951. The molecule has 11 rings (SSSR count). The van der Waals surface area contributed by atoms with E-state index in [2.05, 4.69) is 57.7 Å². The minimum atomic E-state index is -0.333. The summed E-state index contributed by atoms with van der Waals surface area (Å²) in [5, 5.41) is 6.22. The zero-order valence-corrected chi connectivity index (χ0v) is 27.2. The van der Waals surface area contributed by atoms with Crippen molar-refractivity contribution in [3.05, 3.63) is 176 Å². The Labute approximate surface area is 298 Å². The van der Waals surface area contributed by atoms with Crippen molar-refractivity contribution < 1.29 is 5.48 Å². The molecular formula is C46H29N5. The maximum Gasteiger partial charge on any atom is 0.237 e. The second-order valence-corrected chi connectivity index (χ2v) is 12.7. The smallest absolute Gasteiger partial charge is 0.237 e. The van der Waals surface area contributed by atoms with Crippen LogP contribution in [0.1, 0.15) is 5.48 Å². The van der Waals surface area contributed by atoms with E-state index in [4.69, 9.17) is 12.7 Å². The van der Waals surface area contributed by atoms with Crippen molar-refractivity contribution in [1.82, 2.24) is 23.7 Å². The molecule has 4 aromatic heterocycles. The molecule has 5 heteroatoms. The molecule has 7 aromatic carbocycles. The molecule has 0 bridgehead atoms. The second-order valence-electron chi connectivity index (χ2n) is 12.7. The zero-order valence-electron chi connectivity index (χ0n) is 31.2. The average molecular weight is 656 g/mol. The van der Waals surface area contributed by atoms with Gasteiger partial charge in [-0.3, -0.25) is 9.13 Å². The predicted octanol–water partition coefficient (Wildman–Crippen LogP) is 11.4. The van der Waals surface area contributed by atoms with Gasteiger partial charge in [0.05, 0.1) is 50.0 Å². The molecule has 5 nitrogen and oxygen atoms in total. The highest BCUT2D eigenvalue weighted by Crippen LogP contribution is 2.38. The van der Waals surface area contributed by atoms with Gasteiger partial charge in [0.2, 0.25) is 5.95 Å². The van der Waals surface area contributed by atoms with E-state index in [1.807, 2.05) is 108 Å². The van der Waals surface area contributed by atoms with Gasteiger partial charge in [-0.05, 0) is 42.4 Å². The number of hydrogen-bond donors (Lipinski definition) is 0. The number of rotatable bonds is 4. The van der Waals surface area contributed by atoms with Gasteiger partial charge in [0, 0.05) is 43.9 Å². The summed E-state index contributed by atoms with van der Waals surface area (Å²) in [6.07, 6.45) is 0. The van der Waals surface area contributed by atoms with Crippen LogP contribution in [0.5, 0.6) is 0 Å². The van der Waals surface area contributed by atoms with E-state index in [1.54, 1.807) is 0 Å². The summed E-state index contributed by atoms with van der Waals surface area (Å²) in [6, 6.07) is 49.7. The van der Waals surface area contributed by atoms with Crippen molar-refractivity contribution in [3.8, 4) is 28.7 Å². The van der Waals surface area contributed by atoms with Gasteiger partial charge < -0.3 is 4.57 Å². The van der Waals surface area contributed by atoms with Gasteiger partial charge in [-0.1, -0.05) is 127 Å². The molecule has 0 amide bonds. The van der Waals surface area contributed by atoms with Crippen LogP contribution in [-0.4, -0.2) is 23.7 Å². The number of aromatic nitrogens is 5. The van der Waals surface area contributed by atoms with E-state index in [0.29, 0.717) is 23.1 Å². The minimum Gasteiger partial charge on any atom is -0.309 e. The molecule has 0 unspecified atom stereocenters. The van der Waals surface area contributed by atoms with Crippen LogP contribution in [0.15, 0.2) is 176 Å². The number of para-hydroxylation sites is 7. The molecule has 0 N–H and O–H groups in total. The van der Waals surface area contributed by atoms with Gasteiger partial charge in [-0.15, -0.1) is 0 Å². The highest BCUT2D eigenvalue weighted by molar-refractivity contribution is 6.11. The highest BCUT2D eigenvalue weighted by Gasteiger charge is 2.21. The molecule has 0 atom stereocenters. The zero-order chi connectivity index (χ0) is 36.9. The summed E-state index contributed by atoms with van der Waals surface area (Å²) >= 11 is 0. The quantitative estimate of drug-likeness (QED) is 0.189. The molecule has 0 aliphatic rings. The lowest BCUT2D eigenvalue weighted by Gasteiger charge is -2.16. The van der Waals surface area contributed by atoms with Crippen molar-refractivity contribution >= 4 is 65.4 Å². The van der Waals surface area contributed by atoms with Crippen LogP contribution in [0, 0.1) is 0 Å². The van der Waals surface area contributed by atoms with Crippen LogP contribution in [0.2, 0.25) is 0 Å². The molecular weight excluding hydrogens is 623 g/mol. The van der Waals surface area contributed by atoms with Crippen LogP contribution in [-0.2, 0) is 0 Å². The van der Waals surface area contributed by atoms with E-state index in [0.717, 1.165) is 65.4 Å². The van der Waals surface area contributed by atoms with Gasteiger partial charge in [-0.25, -0.2) is 4.98 Å². The standard InChI is InChI=1S/C46H29N5/c1-8-22-38-30(15-1)31-16-2-9-23-39(31)49(38)44-28-14-7-21-36(44)37-29-45(50-40-24-10-3-17-32(40)33-18-4-11-25-41(33)50)48-46(47-37)51-42-26-12-5-19-34(42)35-20-6-13-27-43(35)51/h1-29H/i7D,14D,21D,28D. The summed E-state index contributed by atoms with van der Waals surface area (Å²) in [7, 11) is 0. The third kappa shape index (κ3) is 4.03. The Balaban J connectivity index is 1.32. The number of fused-ring (bicyclic) bond motifs is 9. The van der Waals surface area contributed by atoms with Crippen molar-refractivity contribution in [2.24, 2.45) is 0 Å². The van der Waals surface area contributed by atoms with Gasteiger partial charge in [0.15, 0.2) is 0 Å². The molecule has 0 saturated heterocycles. The highest BCUT2D eigenvalue weighted by atomic mass is 15.2. The van der Waals surface area contributed by atoms with Gasteiger partial charge in [0.25, 0.3) is 0 Å². The lowest BCUT2D eigenvalue weighted by Crippen LogP contribution is -2.08. The Kier molecular flexibility index (Phi) is 5.11. The third-order valence-electron chi connectivity index (χ3n) is 10.0. The number of hydrogen-bond acceptors (Lipinski definition) is 2. The molecule has 51 heavy (non-hydrogen) atoms. The summed E-state index contributed by atoms with van der Waals surface area (Å²) in [5.41, 5.74) is 6.39. The molecule has 0 spiro atoms. The number of nitrogens with zero attached hydrogens (tertiary/aromatic N) is 5. The average Bonchev–Trinajstić information content (AvgIpc) is 3.87. The Bertz CT molecular complexity index is 3100. The van der Waals surface area contributed by atoms with Crippen LogP contribution in [0.4, 0.5) is 0 Å². The van der Waals surface area contributed by atoms with Crippen molar-refractivity contribution in [3.63, 3.8) is 0 Å². The summed E-state index contributed by atoms with van der Waals surface area (Å²) in [6.45, 7) is 0. The van der Waals surface area contributed by atoms with E-state index in [1.165, 1.54) is 0 Å². The largest absolute Gasteiger partial charge is 0.309 e. The molecule has 0 saturated carbocycles. The van der Waals surface area contributed by atoms with E-state index in [-0.39, 0.29) is 29.7 Å². The normalized spacial score (nSPS) is 13.0. The minimum absolute atomic E-state index is 0.155. The summed E-state index contributed by atoms with van der Waals surface area (Å²) in [4.78, 5) is 10.6. The van der Waals surface area contributed by atoms with Crippen molar-refractivity contribution in [1.29, 1.82) is 0 Å². The van der Waals surface area contributed by atoms with Gasteiger partial charge in [-0.2, -0.15) is 4.98 Å². The maximum atomic E-state index is 9.57. The topological polar surface area (TPSA) is 40.6 Å². The first-order valence-corrected chi connectivity index (χ1v) is 16.9. The first-order valence-electron chi connectivity index (χ1n) is 18.9. The first kappa shape index (κ1) is 24.2. The molecule has 4 heterocycles. The maximum absolute atomic E-state index is 9.57. The van der Waals surface area contributed by atoms with Crippen LogP contribution in [0.25, 0.3) is 94.1 Å². The monoisotopic (exact) mass is 655 g/mol. The molecule has 0 aliphatic heterocycles. The van der Waals surface area contributed by atoms with Crippen LogP contribution in [0.3, 0.4) is 0 Å². The SMILES string of the molecule is [2H]c1c([2H])c([2H])c(-n2c3ccccc3c3ccccc32)c(-c2cc(-n3c4ccccc4c4ccccc43)nc(-n3c4ccccc4c4ccccc43)n2)c1[2H]. The fourth-order valence-electron chi connectivity index (χ4n) is 7.89. The molecule has 238 valence electrons. The lowest BCUT2D eigenvalue weighted by atomic mass is 10.1. The third-order valence-corrected chi connectivity index (χ3v) is 10.0. The Morgan fingerprint density at radius 2 is 0.765 bits per heavy atom. The van der Waals surface area contributed by atoms with E-state index < -0.39 is 0 Å². The summed E-state index contributed by atoms with van der Waals surface area (Å²) < 4.78 is 43.1. The molecule has 0 radical (unpaired) electrons. The number of benzene rings is 7. The Hall–Kier alpha value is -6.98. The Morgan fingerprint density at radius 3 is 1.22 bits per heavy atom. The van der Waals surface area contributed by atoms with Crippen LogP contribution < -0.4 is 0 Å². The van der Waals surface area contributed by atoms with Gasteiger partial charge >= 0.3 is 0 Å². The van der Waals surface area contributed by atoms with E-state index >= 15 is 0 Å². The van der Waals surface area contributed by atoms with Crippen molar-refractivity contribution in [2.45, 2.75) is 0 Å². The first-order chi connectivity index (χ1) is 27.0. The van der Waals surface area contributed by atoms with E-state index in [9.17, 15) is 2.74 Å². The lowest BCUT2D eigenvalue weighted by molar-refractivity contribution is 0.951. The van der Waals surface area contributed by atoms with Crippen molar-refractivity contribution in [2.75, 3.05) is 0 Å². The Morgan fingerprint density at radius 1 is 0.392 bits per heavy atom. The second kappa shape index (κ2) is 10.8. The predicted molar refractivity (Wildman–Crippen MR) is 210 cm³/mol.